The number of alkyl halides is 2. The number of rotatable bonds is 1. The number of hydrogen-bond donors (Lipinski definition) is 1. The third-order valence-electron chi connectivity index (χ3n) is 1.17. The lowest BCUT2D eigenvalue weighted by Crippen LogP contribution is -1.91. The topological polar surface area (TPSA) is 33.1 Å². The molecule has 0 amide bonds. The van der Waals surface area contributed by atoms with E-state index in [2.05, 4.69) is 4.98 Å². The molecule has 66 valence electrons. The second kappa shape index (κ2) is 3.69. The second-order valence-corrected chi connectivity index (χ2v) is 3.36. The molecule has 0 fully saturated rings. The Hall–Kier alpha value is -0.170. The van der Waals surface area contributed by atoms with E-state index >= 15 is 0 Å². The fraction of sp³-hybridized carbons (Fsp3) is 0.167. The quantitative estimate of drug-likeness (QED) is 0.639. The standard InChI is InChI=1S/C6H3ClF2INO/c7-4-2(5(8)9)1-3(12)6(10)11-4/h1,5,12H. The molecule has 2 nitrogen and oxygen atoms in total. The molecule has 6 heteroatoms. The number of aromatic nitrogens is 1. The maximum Gasteiger partial charge on any atom is 0.266 e. The van der Waals surface area contributed by atoms with Crippen molar-refractivity contribution in [2.45, 2.75) is 6.43 Å². The minimum Gasteiger partial charge on any atom is -0.505 e. The van der Waals surface area contributed by atoms with Crippen LogP contribution in [0.15, 0.2) is 6.07 Å². The van der Waals surface area contributed by atoms with Gasteiger partial charge in [0.1, 0.15) is 14.6 Å². The molecular weight excluding hydrogens is 302 g/mol. The van der Waals surface area contributed by atoms with Crippen LogP contribution >= 0.6 is 34.2 Å². The summed E-state index contributed by atoms with van der Waals surface area (Å²) in [7, 11) is 0. The number of pyridine rings is 1. The highest BCUT2D eigenvalue weighted by Crippen LogP contribution is 2.30. The molecule has 0 saturated heterocycles. The molecule has 1 aromatic rings. The summed E-state index contributed by atoms with van der Waals surface area (Å²) in [4.78, 5) is 3.52. The van der Waals surface area contributed by atoms with E-state index in [-0.39, 0.29) is 14.6 Å². The van der Waals surface area contributed by atoms with Crippen LogP contribution in [0.2, 0.25) is 5.15 Å². The van der Waals surface area contributed by atoms with Gasteiger partial charge in [-0.2, -0.15) is 0 Å². The van der Waals surface area contributed by atoms with E-state index in [1.807, 2.05) is 0 Å². The Bertz CT molecular complexity index is 308. The number of hydrogen-bond acceptors (Lipinski definition) is 2. The predicted octanol–water partition coefficient (Wildman–Crippen LogP) is 2.98. The molecule has 12 heavy (non-hydrogen) atoms. The van der Waals surface area contributed by atoms with Gasteiger partial charge in [-0.15, -0.1) is 0 Å². The first-order valence-corrected chi connectivity index (χ1v) is 4.31. The van der Waals surface area contributed by atoms with Crippen molar-refractivity contribution in [3.8, 4) is 5.75 Å². The molecular formula is C6H3ClF2INO. The van der Waals surface area contributed by atoms with Crippen LogP contribution in [-0.2, 0) is 0 Å². The van der Waals surface area contributed by atoms with E-state index in [9.17, 15) is 8.78 Å². The molecule has 0 spiro atoms. The van der Waals surface area contributed by atoms with E-state index in [0.717, 1.165) is 6.07 Å². The van der Waals surface area contributed by atoms with Gasteiger partial charge in [0, 0.05) is 0 Å². The Morgan fingerprint density at radius 2 is 2.17 bits per heavy atom. The largest absolute Gasteiger partial charge is 0.505 e. The highest BCUT2D eigenvalue weighted by atomic mass is 127. The van der Waals surface area contributed by atoms with Gasteiger partial charge in [0.15, 0.2) is 0 Å². The predicted molar refractivity (Wildman–Crippen MR) is 48.6 cm³/mol. The van der Waals surface area contributed by atoms with Crippen LogP contribution in [0.25, 0.3) is 0 Å². The van der Waals surface area contributed by atoms with Gasteiger partial charge in [-0.05, 0) is 28.7 Å². The molecule has 0 unspecified atom stereocenters. The maximum absolute atomic E-state index is 12.1. The van der Waals surface area contributed by atoms with Gasteiger partial charge in [0.25, 0.3) is 6.43 Å². The van der Waals surface area contributed by atoms with E-state index in [1.54, 1.807) is 22.6 Å². The van der Waals surface area contributed by atoms with Crippen molar-refractivity contribution in [1.82, 2.24) is 4.98 Å². The van der Waals surface area contributed by atoms with Crippen LogP contribution < -0.4 is 0 Å². The van der Waals surface area contributed by atoms with Gasteiger partial charge < -0.3 is 5.11 Å². The minimum absolute atomic E-state index is 0.210. The smallest absolute Gasteiger partial charge is 0.266 e. The average molecular weight is 305 g/mol. The van der Waals surface area contributed by atoms with Crippen molar-refractivity contribution in [1.29, 1.82) is 0 Å². The van der Waals surface area contributed by atoms with Crippen LogP contribution in [0.4, 0.5) is 8.78 Å². The van der Waals surface area contributed by atoms with Gasteiger partial charge >= 0.3 is 0 Å². The molecule has 1 heterocycles. The van der Waals surface area contributed by atoms with Crippen LogP contribution in [0.3, 0.4) is 0 Å². The van der Waals surface area contributed by atoms with Crippen LogP contribution in [0, 0.1) is 3.70 Å². The summed E-state index contributed by atoms with van der Waals surface area (Å²) in [5.74, 6) is -0.282. The van der Waals surface area contributed by atoms with E-state index in [0.29, 0.717) is 0 Å². The summed E-state index contributed by atoms with van der Waals surface area (Å²) in [5, 5.41) is 8.74. The van der Waals surface area contributed by atoms with Gasteiger partial charge in [0.2, 0.25) is 0 Å². The third kappa shape index (κ3) is 1.95. The molecule has 0 aliphatic heterocycles. The first-order valence-electron chi connectivity index (χ1n) is 2.85. The highest BCUT2D eigenvalue weighted by molar-refractivity contribution is 14.1. The molecule has 0 radical (unpaired) electrons. The molecule has 0 saturated carbocycles. The summed E-state index contributed by atoms with van der Waals surface area (Å²) in [6.45, 7) is 0. The maximum atomic E-state index is 12.1. The first-order chi connectivity index (χ1) is 5.52. The molecule has 0 aromatic carbocycles. The zero-order valence-corrected chi connectivity index (χ0v) is 8.47. The molecule has 0 aliphatic rings. The average Bonchev–Trinajstić information content (AvgIpc) is 1.96. The second-order valence-electron chi connectivity index (χ2n) is 1.98. The summed E-state index contributed by atoms with van der Waals surface area (Å²) < 4.78 is 24.4. The lowest BCUT2D eigenvalue weighted by atomic mass is 10.3. The number of nitrogens with zero attached hydrogens (tertiary/aromatic N) is 1. The zero-order valence-electron chi connectivity index (χ0n) is 5.56. The lowest BCUT2D eigenvalue weighted by molar-refractivity contribution is 0.150. The Kier molecular flexibility index (Phi) is 3.05. The third-order valence-corrected chi connectivity index (χ3v) is 2.27. The van der Waals surface area contributed by atoms with Crippen LogP contribution in [0.5, 0.6) is 5.75 Å². The molecule has 0 atom stereocenters. The van der Waals surface area contributed by atoms with Crippen molar-refractivity contribution in [2.75, 3.05) is 0 Å². The van der Waals surface area contributed by atoms with Crippen molar-refractivity contribution in [2.24, 2.45) is 0 Å². The summed E-state index contributed by atoms with van der Waals surface area (Å²) in [5.41, 5.74) is -0.449. The Balaban J connectivity index is 3.23. The zero-order chi connectivity index (χ0) is 9.30. The summed E-state index contributed by atoms with van der Waals surface area (Å²) in [6, 6.07) is 0.918. The number of aromatic hydroxyl groups is 1. The highest BCUT2D eigenvalue weighted by Gasteiger charge is 2.15. The van der Waals surface area contributed by atoms with Crippen LogP contribution in [-0.4, -0.2) is 10.1 Å². The van der Waals surface area contributed by atoms with E-state index in [1.165, 1.54) is 0 Å². The molecule has 1 N–H and O–H groups in total. The SMILES string of the molecule is Oc1cc(C(F)F)c(Cl)nc1I. The Morgan fingerprint density at radius 3 is 2.67 bits per heavy atom. The lowest BCUT2D eigenvalue weighted by Gasteiger charge is -2.03. The number of halogens is 4. The van der Waals surface area contributed by atoms with Crippen molar-refractivity contribution >= 4 is 34.2 Å². The van der Waals surface area contributed by atoms with Gasteiger partial charge in [-0.3, -0.25) is 0 Å². The van der Waals surface area contributed by atoms with Gasteiger partial charge in [-0.1, -0.05) is 11.6 Å². The molecule has 1 rings (SSSR count). The van der Waals surface area contributed by atoms with Gasteiger partial charge in [0.05, 0.1) is 5.56 Å². The Labute approximate surface area is 85.7 Å². The summed E-state index contributed by atoms with van der Waals surface area (Å²) in [6.07, 6.45) is -2.71. The summed E-state index contributed by atoms with van der Waals surface area (Å²) >= 11 is 7.09. The van der Waals surface area contributed by atoms with E-state index in [4.69, 9.17) is 16.7 Å². The van der Waals surface area contributed by atoms with Crippen molar-refractivity contribution in [3.63, 3.8) is 0 Å². The van der Waals surface area contributed by atoms with Gasteiger partial charge in [-0.25, -0.2) is 13.8 Å². The minimum atomic E-state index is -2.71. The van der Waals surface area contributed by atoms with Crippen LogP contribution in [0.1, 0.15) is 12.0 Å². The Morgan fingerprint density at radius 1 is 1.58 bits per heavy atom. The first kappa shape index (κ1) is 9.91. The van der Waals surface area contributed by atoms with E-state index < -0.39 is 12.0 Å². The fourth-order valence-electron chi connectivity index (χ4n) is 0.627. The molecule has 0 aliphatic carbocycles. The monoisotopic (exact) mass is 305 g/mol. The fourth-order valence-corrected chi connectivity index (χ4v) is 1.39. The van der Waals surface area contributed by atoms with Crippen molar-refractivity contribution in [3.05, 3.63) is 20.5 Å². The van der Waals surface area contributed by atoms with Crippen molar-refractivity contribution < 1.29 is 13.9 Å². The molecule has 1 aromatic heterocycles. The normalized spacial score (nSPS) is 10.8. The molecule has 0 bridgehead atoms.